The summed E-state index contributed by atoms with van der Waals surface area (Å²) in [4.78, 5) is 0. The minimum absolute atomic E-state index is 0.763. The molecule has 1 aromatic carbocycles. The van der Waals surface area contributed by atoms with Crippen molar-refractivity contribution in [2.75, 3.05) is 11.5 Å². The van der Waals surface area contributed by atoms with Crippen LogP contribution in [-0.2, 0) is 5.75 Å². The van der Waals surface area contributed by atoms with Crippen LogP contribution in [0.1, 0.15) is 25.8 Å². The molecule has 1 atom stereocenters. The Labute approximate surface area is 101 Å². The first-order valence-corrected chi connectivity index (χ1v) is 6.79. The molecule has 0 spiro atoms. The molecule has 1 rings (SSSR count). The normalized spacial score (nSPS) is 12.7. The lowest BCUT2D eigenvalue weighted by molar-refractivity contribution is 0.637. The second kappa shape index (κ2) is 6.29. The average molecular weight is 244 g/mol. The Morgan fingerprint density at radius 2 is 2.20 bits per heavy atom. The minimum Gasteiger partial charge on any atom is -0.398 e. The third-order valence-corrected chi connectivity index (χ3v) is 4.15. The van der Waals surface area contributed by atoms with Gasteiger partial charge in [0.05, 0.1) is 0 Å². The van der Waals surface area contributed by atoms with Gasteiger partial charge in [-0.05, 0) is 23.8 Å². The van der Waals surface area contributed by atoms with E-state index in [2.05, 4.69) is 13.8 Å². The number of thioether (sulfide) groups is 1. The third-order valence-electron chi connectivity index (χ3n) is 2.50. The molecule has 0 aromatic heterocycles. The average Bonchev–Trinajstić information content (AvgIpc) is 2.22. The van der Waals surface area contributed by atoms with Crippen LogP contribution in [0, 0.1) is 5.92 Å². The van der Waals surface area contributed by atoms with Crippen LogP contribution in [0.4, 0.5) is 5.69 Å². The molecule has 3 heteroatoms. The molecule has 15 heavy (non-hydrogen) atoms. The Hall–Kier alpha value is -0.340. The molecule has 1 unspecified atom stereocenters. The molecule has 0 heterocycles. The minimum atomic E-state index is 0.763. The Bertz CT molecular complexity index is 294. The third kappa shape index (κ3) is 3.96. The van der Waals surface area contributed by atoms with Gasteiger partial charge in [0.15, 0.2) is 0 Å². The summed E-state index contributed by atoms with van der Waals surface area (Å²) in [7, 11) is 0. The first kappa shape index (κ1) is 12.7. The Kier molecular flexibility index (Phi) is 5.34. The smallest absolute Gasteiger partial charge is 0.0466 e. The van der Waals surface area contributed by atoms with Crippen LogP contribution in [0.15, 0.2) is 18.2 Å². The van der Waals surface area contributed by atoms with Crippen LogP contribution in [0.25, 0.3) is 0 Å². The summed E-state index contributed by atoms with van der Waals surface area (Å²) in [5, 5.41) is 0.784. The van der Waals surface area contributed by atoms with Crippen molar-refractivity contribution in [3.05, 3.63) is 28.8 Å². The number of halogens is 1. The molecule has 0 fully saturated rings. The number of benzene rings is 1. The Morgan fingerprint density at radius 1 is 1.47 bits per heavy atom. The molecule has 1 aromatic rings. The van der Waals surface area contributed by atoms with Crippen molar-refractivity contribution in [2.45, 2.75) is 26.0 Å². The van der Waals surface area contributed by atoms with Gasteiger partial charge in [-0.3, -0.25) is 0 Å². The lowest BCUT2D eigenvalue weighted by Crippen LogP contribution is -1.98. The summed E-state index contributed by atoms with van der Waals surface area (Å²) in [6.07, 6.45) is 1.23. The van der Waals surface area contributed by atoms with Gasteiger partial charge in [0.25, 0.3) is 0 Å². The SMILES string of the molecule is CCC(C)CSCc1c(N)cccc1Cl. The lowest BCUT2D eigenvalue weighted by Gasteiger charge is -2.10. The molecular formula is C12H18ClNS. The molecule has 0 saturated heterocycles. The maximum absolute atomic E-state index is 6.09. The van der Waals surface area contributed by atoms with Gasteiger partial charge in [0.2, 0.25) is 0 Å². The van der Waals surface area contributed by atoms with E-state index in [-0.39, 0.29) is 0 Å². The van der Waals surface area contributed by atoms with E-state index in [0.29, 0.717) is 0 Å². The predicted molar refractivity (Wildman–Crippen MR) is 71.5 cm³/mol. The number of nitrogen functional groups attached to an aromatic ring is 1. The zero-order valence-electron chi connectivity index (χ0n) is 9.29. The van der Waals surface area contributed by atoms with Gasteiger partial charge in [-0.15, -0.1) is 0 Å². The Balaban J connectivity index is 2.50. The number of hydrogen-bond acceptors (Lipinski definition) is 2. The summed E-state index contributed by atoms with van der Waals surface area (Å²) in [5.41, 5.74) is 7.75. The van der Waals surface area contributed by atoms with Crippen molar-refractivity contribution in [1.29, 1.82) is 0 Å². The molecule has 84 valence electrons. The van der Waals surface area contributed by atoms with E-state index in [1.165, 1.54) is 12.2 Å². The zero-order chi connectivity index (χ0) is 11.3. The summed E-state index contributed by atoms with van der Waals surface area (Å²) < 4.78 is 0. The fourth-order valence-electron chi connectivity index (χ4n) is 1.21. The van der Waals surface area contributed by atoms with Crippen LogP contribution in [0.3, 0.4) is 0 Å². The maximum atomic E-state index is 6.09. The van der Waals surface area contributed by atoms with Crippen LogP contribution in [0.5, 0.6) is 0 Å². The van der Waals surface area contributed by atoms with E-state index in [0.717, 1.165) is 27.9 Å². The van der Waals surface area contributed by atoms with Gasteiger partial charge in [-0.2, -0.15) is 11.8 Å². The van der Waals surface area contributed by atoms with Crippen LogP contribution < -0.4 is 5.73 Å². The summed E-state index contributed by atoms with van der Waals surface area (Å²) in [6.45, 7) is 4.48. The van der Waals surface area contributed by atoms with E-state index in [1.807, 2.05) is 30.0 Å². The first-order chi connectivity index (χ1) is 7.15. The quantitative estimate of drug-likeness (QED) is 0.785. The van der Waals surface area contributed by atoms with Crippen molar-refractivity contribution in [1.82, 2.24) is 0 Å². The van der Waals surface area contributed by atoms with Crippen molar-refractivity contribution in [3.63, 3.8) is 0 Å². The highest BCUT2D eigenvalue weighted by Crippen LogP contribution is 2.27. The molecule has 0 bridgehead atoms. The molecule has 0 aliphatic rings. The van der Waals surface area contributed by atoms with Gasteiger partial charge in [0, 0.05) is 22.0 Å². The van der Waals surface area contributed by atoms with Crippen LogP contribution in [0.2, 0.25) is 5.02 Å². The Morgan fingerprint density at radius 3 is 2.80 bits per heavy atom. The molecule has 0 aliphatic carbocycles. The summed E-state index contributed by atoms with van der Waals surface area (Å²) in [6, 6.07) is 5.70. The van der Waals surface area contributed by atoms with Crippen LogP contribution >= 0.6 is 23.4 Å². The molecule has 1 nitrogen and oxygen atoms in total. The van der Waals surface area contributed by atoms with E-state index < -0.39 is 0 Å². The highest BCUT2D eigenvalue weighted by atomic mass is 35.5. The first-order valence-electron chi connectivity index (χ1n) is 5.25. The predicted octanol–water partition coefficient (Wildman–Crippen LogP) is 4.20. The summed E-state index contributed by atoms with van der Waals surface area (Å²) >= 11 is 7.99. The zero-order valence-corrected chi connectivity index (χ0v) is 10.9. The van der Waals surface area contributed by atoms with E-state index in [4.69, 9.17) is 17.3 Å². The molecule has 2 N–H and O–H groups in total. The second-order valence-corrected chi connectivity index (χ2v) is 5.27. The van der Waals surface area contributed by atoms with Gasteiger partial charge >= 0.3 is 0 Å². The van der Waals surface area contributed by atoms with Crippen molar-refractivity contribution in [2.24, 2.45) is 5.92 Å². The van der Waals surface area contributed by atoms with Crippen molar-refractivity contribution >= 4 is 29.1 Å². The van der Waals surface area contributed by atoms with Gasteiger partial charge in [-0.25, -0.2) is 0 Å². The van der Waals surface area contributed by atoms with Crippen molar-refractivity contribution < 1.29 is 0 Å². The number of hydrogen-bond donors (Lipinski definition) is 1. The number of nitrogens with two attached hydrogens (primary N) is 1. The largest absolute Gasteiger partial charge is 0.398 e. The van der Waals surface area contributed by atoms with Crippen LogP contribution in [-0.4, -0.2) is 5.75 Å². The van der Waals surface area contributed by atoms with E-state index in [9.17, 15) is 0 Å². The monoisotopic (exact) mass is 243 g/mol. The topological polar surface area (TPSA) is 26.0 Å². The molecule has 0 radical (unpaired) electrons. The van der Waals surface area contributed by atoms with E-state index >= 15 is 0 Å². The van der Waals surface area contributed by atoms with Gasteiger partial charge in [-0.1, -0.05) is 37.9 Å². The van der Waals surface area contributed by atoms with Crippen molar-refractivity contribution in [3.8, 4) is 0 Å². The molecular weight excluding hydrogens is 226 g/mol. The number of rotatable bonds is 5. The maximum Gasteiger partial charge on any atom is 0.0466 e. The standard InChI is InChI=1S/C12H18ClNS/c1-3-9(2)7-15-8-10-11(13)5-4-6-12(10)14/h4-6,9H,3,7-8,14H2,1-2H3. The molecule has 0 aliphatic heterocycles. The lowest BCUT2D eigenvalue weighted by atomic mass is 10.2. The molecule has 0 amide bonds. The number of anilines is 1. The fourth-order valence-corrected chi connectivity index (χ4v) is 2.82. The fraction of sp³-hybridized carbons (Fsp3) is 0.500. The highest BCUT2D eigenvalue weighted by Gasteiger charge is 2.05. The highest BCUT2D eigenvalue weighted by molar-refractivity contribution is 7.98. The second-order valence-electron chi connectivity index (χ2n) is 3.84. The molecule has 0 saturated carbocycles. The van der Waals surface area contributed by atoms with Gasteiger partial charge in [0.1, 0.15) is 0 Å². The summed E-state index contributed by atoms with van der Waals surface area (Å²) in [5.74, 6) is 2.84. The van der Waals surface area contributed by atoms with Gasteiger partial charge < -0.3 is 5.73 Å². The van der Waals surface area contributed by atoms with E-state index in [1.54, 1.807) is 0 Å².